The number of ether oxygens (including phenoxy) is 4. The maximum Gasteiger partial charge on any atom is 0.254 e. The summed E-state index contributed by atoms with van der Waals surface area (Å²) in [4.78, 5) is 14.3. The number of carbonyl (C=O) groups is 1. The highest BCUT2D eigenvalue weighted by molar-refractivity contribution is 5.96. The van der Waals surface area contributed by atoms with E-state index in [-0.39, 0.29) is 18.6 Å². The van der Waals surface area contributed by atoms with Gasteiger partial charge in [0.15, 0.2) is 11.5 Å². The van der Waals surface area contributed by atoms with Gasteiger partial charge in [-0.3, -0.25) is 4.79 Å². The summed E-state index contributed by atoms with van der Waals surface area (Å²) in [6.45, 7) is 1.07. The lowest BCUT2D eigenvalue weighted by Crippen LogP contribution is -2.50. The highest BCUT2D eigenvalue weighted by atomic mass is 16.5. The van der Waals surface area contributed by atoms with Crippen molar-refractivity contribution in [2.24, 2.45) is 0 Å². The summed E-state index contributed by atoms with van der Waals surface area (Å²) in [7, 11) is 4.50. The van der Waals surface area contributed by atoms with Gasteiger partial charge in [-0.25, -0.2) is 0 Å². The van der Waals surface area contributed by atoms with Crippen LogP contribution in [-0.2, 0) is 4.74 Å². The number of carbonyl (C=O) groups excluding carboxylic acids is 1. The Morgan fingerprint density at radius 2 is 1.91 bits per heavy atom. The molecule has 0 bridgehead atoms. The Morgan fingerprint density at radius 3 is 2.41 bits per heavy atom. The molecule has 122 valence electrons. The fourth-order valence-electron chi connectivity index (χ4n) is 2.44. The topological polar surface area (TPSA) is 77.5 Å². The Hall–Kier alpha value is -1.99. The third-order valence-electron chi connectivity index (χ3n) is 3.61. The number of hydrogen-bond donors (Lipinski definition) is 1. The van der Waals surface area contributed by atoms with Crippen LogP contribution in [0.4, 0.5) is 0 Å². The van der Waals surface area contributed by atoms with Gasteiger partial charge in [0.1, 0.15) is 0 Å². The third-order valence-corrected chi connectivity index (χ3v) is 3.61. The lowest BCUT2D eigenvalue weighted by molar-refractivity contribution is -0.0184. The van der Waals surface area contributed by atoms with Crippen LogP contribution in [0.3, 0.4) is 0 Å². The number of methoxy groups -OCH3 is 3. The Labute approximate surface area is 129 Å². The van der Waals surface area contributed by atoms with Crippen LogP contribution in [0.5, 0.6) is 17.2 Å². The van der Waals surface area contributed by atoms with E-state index in [4.69, 9.17) is 18.9 Å². The average molecular weight is 311 g/mol. The first-order chi connectivity index (χ1) is 10.7. The quantitative estimate of drug-likeness (QED) is 0.855. The molecule has 0 aromatic heterocycles. The Bertz CT molecular complexity index is 508. The molecule has 7 nitrogen and oxygen atoms in total. The summed E-state index contributed by atoms with van der Waals surface area (Å²) in [5.41, 5.74) is 0.412. The third kappa shape index (κ3) is 3.10. The molecule has 1 unspecified atom stereocenters. The molecule has 1 aliphatic rings. The maximum absolute atomic E-state index is 12.7. The second kappa shape index (κ2) is 7.33. The predicted molar refractivity (Wildman–Crippen MR) is 78.8 cm³/mol. The van der Waals surface area contributed by atoms with Crippen molar-refractivity contribution in [1.82, 2.24) is 4.90 Å². The van der Waals surface area contributed by atoms with E-state index in [1.165, 1.54) is 21.3 Å². The first kappa shape index (κ1) is 16.4. The van der Waals surface area contributed by atoms with Gasteiger partial charge in [0, 0.05) is 12.1 Å². The van der Waals surface area contributed by atoms with E-state index >= 15 is 0 Å². The van der Waals surface area contributed by atoms with E-state index in [9.17, 15) is 9.90 Å². The molecule has 22 heavy (non-hydrogen) atoms. The molecule has 2 rings (SSSR count). The van der Waals surface area contributed by atoms with Crippen molar-refractivity contribution in [3.8, 4) is 17.2 Å². The van der Waals surface area contributed by atoms with Gasteiger partial charge < -0.3 is 29.0 Å². The molecule has 1 atom stereocenters. The molecule has 1 N–H and O–H groups in total. The SMILES string of the molecule is COc1cc(C(=O)N2CCOCC2CO)cc(OC)c1OC. The molecule has 1 aromatic carbocycles. The molecule has 1 fully saturated rings. The zero-order chi connectivity index (χ0) is 16.1. The van der Waals surface area contributed by atoms with Crippen molar-refractivity contribution in [2.45, 2.75) is 6.04 Å². The molecule has 7 heteroatoms. The molecule has 0 radical (unpaired) electrons. The van der Waals surface area contributed by atoms with Crippen LogP contribution in [0.1, 0.15) is 10.4 Å². The first-order valence-electron chi connectivity index (χ1n) is 6.95. The minimum absolute atomic E-state index is 0.143. The number of rotatable bonds is 5. The summed E-state index contributed by atoms with van der Waals surface area (Å²) in [5, 5.41) is 9.40. The van der Waals surface area contributed by atoms with Crippen LogP contribution >= 0.6 is 0 Å². The minimum Gasteiger partial charge on any atom is -0.493 e. The van der Waals surface area contributed by atoms with Gasteiger partial charge in [-0.05, 0) is 12.1 Å². The highest BCUT2D eigenvalue weighted by Gasteiger charge is 2.29. The molecular weight excluding hydrogens is 290 g/mol. The van der Waals surface area contributed by atoms with Crippen molar-refractivity contribution < 1.29 is 28.8 Å². The van der Waals surface area contributed by atoms with Gasteiger partial charge in [0.25, 0.3) is 5.91 Å². The average Bonchev–Trinajstić information content (AvgIpc) is 2.59. The monoisotopic (exact) mass is 311 g/mol. The Morgan fingerprint density at radius 1 is 1.27 bits per heavy atom. The van der Waals surface area contributed by atoms with Crippen LogP contribution in [0.2, 0.25) is 0 Å². The smallest absolute Gasteiger partial charge is 0.254 e. The summed E-state index contributed by atoms with van der Waals surface area (Å²) in [5.74, 6) is 1.06. The van der Waals surface area contributed by atoms with E-state index < -0.39 is 0 Å². The van der Waals surface area contributed by atoms with E-state index in [1.54, 1.807) is 17.0 Å². The summed E-state index contributed by atoms with van der Waals surface area (Å²) < 4.78 is 21.1. The highest BCUT2D eigenvalue weighted by Crippen LogP contribution is 2.38. The Balaban J connectivity index is 2.36. The van der Waals surface area contributed by atoms with E-state index in [2.05, 4.69) is 0 Å². The fraction of sp³-hybridized carbons (Fsp3) is 0.533. The van der Waals surface area contributed by atoms with Crippen molar-refractivity contribution in [3.05, 3.63) is 17.7 Å². The Kier molecular flexibility index (Phi) is 5.46. The van der Waals surface area contributed by atoms with Crippen LogP contribution in [0.15, 0.2) is 12.1 Å². The summed E-state index contributed by atoms with van der Waals surface area (Å²) >= 11 is 0. The number of nitrogens with zero attached hydrogens (tertiary/aromatic N) is 1. The van der Waals surface area contributed by atoms with Gasteiger partial charge in [-0.15, -0.1) is 0 Å². The lowest BCUT2D eigenvalue weighted by atomic mass is 10.1. The maximum atomic E-state index is 12.7. The van der Waals surface area contributed by atoms with Crippen molar-refractivity contribution in [3.63, 3.8) is 0 Å². The molecule has 0 aliphatic carbocycles. The van der Waals surface area contributed by atoms with E-state index in [1.807, 2.05) is 0 Å². The molecule has 1 amide bonds. The number of benzene rings is 1. The van der Waals surface area contributed by atoms with Gasteiger partial charge in [-0.2, -0.15) is 0 Å². The van der Waals surface area contributed by atoms with Crippen molar-refractivity contribution >= 4 is 5.91 Å². The standard InChI is InChI=1S/C15H21NO6/c1-19-12-6-10(7-13(20-2)14(12)21-3)15(18)16-4-5-22-9-11(16)8-17/h6-7,11,17H,4-5,8-9H2,1-3H3. The number of hydrogen-bond acceptors (Lipinski definition) is 6. The van der Waals surface area contributed by atoms with Crippen molar-refractivity contribution in [2.75, 3.05) is 47.7 Å². The van der Waals surface area contributed by atoms with Gasteiger partial charge in [0.05, 0.1) is 47.2 Å². The number of aliphatic hydroxyl groups is 1. The lowest BCUT2D eigenvalue weighted by Gasteiger charge is -2.34. The number of amides is 1. The van der Waals surface area contributed by atoms with Gasteiger partial charge >= 0.3 is 0 Å². The fourth-order valence-corrected chi connectivity index (χ4v) is 2.44. The molecule has 0 spiro atoms. The zero-order valence-electron chi connectivity index (χ0n) is 13.0. The van der Waals surface area contributed by atoms with Crippen LogP contribution in [0, 0.1) is 0 Å². The first-order valence-corrected chi connectivity index (χ1v) is 6.95. The van der Waals surface area contributed by atoms with E-state index in [0.717, 1.165) is 0 Å². The molecule has 1 aromatic rings. The van der Waals surface area contributed by atoms with Gasteiger partial charge in [-0.1, -0.05) is 0 Å². The largest absolute Gasteiger partial charge is 0.493 e. The van der Waals surface area contributed by atoms with Crippen LogP contribution in [0.25, 0.3) is 0 Å². The minimum atomic E-state index is -0.347. The summed E-state index contributed by atoms with van der Waals surface area (Å²) in [6, 6.07) is 2.86. The predicted octanol–water partition coefficient (Wildman–Crippen LogP) is 0.546. The molecule has 1 heterocycles. The normalized spacial score (nSPS) is 18.0. The molecule has 1 saturated heterocycles. The number of aliphatic hydroxyl groups excluding tert-OH is 1. The zero-order valence-corrected chi connectivity index (χ0v) is 13.0. The summed E-state index contributed by atoms with van der Waals surface area (Å²) in [6.07, 6.45) is 0. The van der Waals surface area contributed by atoms with Crippen LogP contribution in [-0.4, -0.2) is 69.7 Å². The van der Waals surface area contributed by atoms with Crippen molar-refractivity contribution in [1.29, 1.82) is 0 Å². The molecule has 1 aliphatic heterocycles. The second-order valence-corrected chi connectivity index (χ2v) is 4.82. The molecule has 0 saturated carbocycles. The van der Waals surface area contributed by atoms with Crippen LogP contribution < -0.4 is 14.2 Å². The van der Waals surface area contributed by atoms with Gasteiger partial charge in [0.2, 0.25) is 5.75 Å². The second-order valence-electron chi connectivity index (χ2n) is 4.82. The van der Waals surface area contributed by atoms with E-state index in [0.29, 0.717) is 42.6 Å². The number of morpholine rings is 1. The molecular formula is C15H21NO6.